The van der Waals surface area contributed by atoms with Crippen LogP contribution in [-0.4, -0.2) is 28.0 Å². The zero-order valence-corrected chi connectivity index (χ0v) is 7.96. The molecule has 1 aliphatic rings. The molecule has 2 heterocycles. The van der Waals surface area contributed by atoms with Crippen LogP contribution < -0.4 is 4.90 Å². The van der Waals surface area contributed by atoms with Crippen molar-refractivity contribution in [1.29, 1.82) is 0 Å². The summed E-state index contributed by atoms with van der Waals surface area (Å²) >= 11 is 0. The van der Waals surface area contributed by atoms with Gasteiger partial charge in [0.2, 0.25) is 5.91 Å². The Kier molecular flexibility index (Phi) is 2.37. The van der Waals surface area contributed by atoms with Crippen LogP contribution in [0, 0.1) is 0 Å². The molecule has 1 N–H and O–H groups in total. The van der Waals surface area contributed by atoms with E-state index < -0.39 is 12.0 Å². The second-order valence-electron chi connectivity index (χ2n) is 3.37. The van der Waals surface area contributed by atoms with Crippen molar-refractivity contribution in [2.24, 2.45) is 0 Å². The van der Waals surface area contributed by atoms with Gasteiger partial charge in [-0.05, 0) is 18.6 Å². The molecule has 1 aromatic heterocycles. The van der Waals surface area contributed by atoms with E-state index in [0.717, 1.165) is 0 Å². The Morgan fingerprint density at radius 3 is 3.00 bits per heavy atom. The van der Waals surface area contributed by atoms with Crippen LogP contribution in [0.4, 0.5) is 5.69 Å². The number of nitrogens with zero attached hydrogens (tertiary/aromatic N) is 2. The second kappa shape index (κ2) is 3.68. The van der Waals surface area contributed by atoms with E-state index in [4.69, 9.17) is 5.11 Å². The summed E-state index contributed by atoms with van der Waals surface area (Å²) in [6.07, 6.45) is 3.73. The van der Waals surface area contributed by atoms with E-state index in [-0.39, 0.29) is 12.3 Å². The summed E-state index contributed by atoms with van der Waals surface area (Å²) < 4.78 is 0. The van der Waals surface area contributed by atoms with Gasteiger partial charge >= 0.3 is 5.97 Å². The zero-order chi connectivity index (χ0) is 10.8. The number of carbonyl (C=O) groups excluding carboxylic acids is 1. The summed E-state index contributed by atoms with van der Waals surface area (Å²) in [5.41, 5.74) is 0.549. The maximum absolute atomic E-state index is 11.5. The summed E-state index contributed by atoms with van der Waals surface area (Å²) in [5.74, 6) is -1.12. The van der Waals surface area contributed by atoms with Crippen LogP contribution in [0.1, 0.15) is 12.8 Å². The minimum atomic E-state index is -0.968. The number of hydrogen-bond donors (Lipinski definition) is 1. The number of rotatable bonds is 2. The normalized spacial score (nSPS) is 20.7. The topological polar surface area (TPSA) is 70.5 Å². The van der Waals surface area contributed by atoms with Crippen LogP contribution in [0.3, 0.4) is 0 Å². The summed E-state index contributed by atoms with van der Waals surface area (Å²) in [7, 11) is 0. The van der Waals surface area contributed by atoms with Crippen LogP contribution in [0.15, 0.2) is 24.5 Å². The van der Waals surface area contributed by atoms with Gasteiger partial charge < -0.3 is 5.11 Å². The van der Waals surface area contributed by atoms with Crippen molar-refractivity contribution in [2.45, 2.75) is 18.9 Å². The van der Waals surface area contributed by atoms with Crippen LogP contribution in [-0.2, 0) is 9.59 Å². The SMILES string of the molecule is O=C(O)C1CCC(=O)N1c1cccnc1. The van der Waals surface area contributed by atoms with E-state index in [1.807, 2.05) is 0 Å². The largest absolute Gasteiger partial charge is 0.480 e. The Labute approximate surface area is 86.3 Å². The third kappa shape index (κ3) is 1.68. The highest BCUT2D eigenvalue weighted by molar-refractivity contribution is 6.02. The highest BCUT2D eigenvalue weighted by Gasteiger charge is 2.36. The lowest BCUT2D eigenvalue weighted by Crippen LogP contribution is -2.38. The fourth-order valence-corrected chi connectivity index (χ4v) is 1.74. The van der Waals surface area contributed by atoms with Gasteiger partial charge in [0, 0.05) is 12.6 Å². The average molecular weight is 206 g/mol. The molecule has 1 aromatic rings. The number of carboxylic acid groups (broad SMARTS) is 1. The van der Waals surface area contributed by atoms with Crippen molar-refractivity contribution in [3.8, 4) is 0 Å². The summed E-state index contributed by atoms with van der Waals surface area (Å²) in [4.78, 5) is 27.6. The standard InChI is InChI=1S/C10H10N2O3/c13-9-4-3-8(10(14)15)12(9)7-2-1-5-11-6-7/h1-2,5-6,8H,3-4H2,(H,14,15). The second-order valence-corrected chi connectivity index (χ2v) is 3.37. The lowest BCUT2D eigenvalue weighted by Gasteiger charge is -2.20. The maximum atomic E-state index is 11.5. The minimum absolute atomic E-state index is 0.157. The monoisotopic (exact) mass is 206 g/mol. The predicted octanol–water partition coefficient (Wildman–Crippen LogP) is 0.662. The van der Waals surface area contributed by atoms with Gasteiger partial charge in [0.05, 0.1) is 11.9 Å². The first-order valence-corrected chi connectivity index (χ1v) is 4.65. The lowest BCUT2D eigenvalue weighted by atomic mass is 10.2. The molecule has 0 aromatic carbocycles. The molecule has 0 radical (unpaired) electrons. The maximum Gasteiger partial charge on any atom is 0.326 e. The smallest absolute Gasteiger partial charge is 0.326 e. The van der Waals surface area contributed by atoms with Crippen molar-refractivity contribution in [2.75, 3.05) is 4.90 Å². The molecule has 1 amide bonds. The molecule has 0 saturated carbocycles. The van der Waals surface area contributed by atoms with Gasteiger partial charge in [0.15, 0.2) is 0 Å². The first-order chi connectivity index (χ1) is 7.20. The van der Waals surface area contributed by atoms with Crippen LogP contribution in [0.5, 0.6) is 0 Å². The zero-order valence-electron chi connectivity index (χ0n) is 7.96. The molecule has 15 heavy (non-hydrogen) atoms. The molecule has 0 spiro atoms. The highest BCUT2D eigenvalue weighted by Crippen LogP contribution is 2.25. The number of aliphatic carboxylic acids is 1. The fraction of sp³-hybridized carbons (Fsp3) is 0.300. The molecule has 78 valence electrons. The molecule has 0 bridgehead atoms. The van der Waals surface area contributed by atoms with Gasteiger partial charge in [0.25, 0.3) is 0 Å². The summed E-state index contributed by atoms with van der Waals surface area (Å²) in [6.45, 7) is 0. The minimum Gasteiger partial charge on any atom is -0.480 e. The van der Waals surface area contributed by atoms with E-state index in [9.17, 15) is 9.59 Å². The number of anilines is 1. The average Bonchev–Trinajstić information content (AvgIpc) is 2.61. The van der Waals surface area contributed by atoms with Crippen LogP contribution in [0.25, 0.3) is 0 Å². The van der Waals surface area contributed by atoms with E-state index in [2.05, 4.69) is 4.98 Å². The van der Waals surface area contributed by atoms with Gasteiger partial charge in [-0.2, -0.15) is 0 Å². The summed E-state index contributed by atoms with van der Waals surface area (Å²) in [6, 6.07) is 2.62. The van der Waals surface area contributed by atoms with Gasteiger partial charge in [-0.25, -0.2) is 4.79 Å². The van der Waals surface area contributed by atoms with Crippen molar-refractivity contribution in [3.63, 3.8) is 0 Å². The lowest BCUT2D eigenvalue weighted by molar-refractivity contribution is -0.138. The Morgan fingerprint density at radius 2 is 2.40 bits per heavy atom. The number of aromatic nitrogens is 1. The van der Waals surface area contributed by atoms with E-state index in [1.165, 1.54) is 11.1 Å². The number of carboxylic acids is 1. The summed E-state index contributed by atoms with van der Waals surface area (Å²) in [5, 5.41) is 8.95. The molecule has 1 unspecified atom stereocenters. The Morgan fingerprint density at radius 1 is 1.60 bits per heavy atom. The third-order valence-corrected chi connectivity index (χ3v) is 2.42. The molecule has 1 fully saturated rings. The molecule has 5 heteroatoms. The molecule has 2 rings (SSSR count). The van der Waals surface area contributed by atoms with Crippen molar-refractivity contribution in [3.05, 3.63) is 24.5 Å². The predicted molar refractivity (Wildman–Crippen MR) is 52.4 cm³/mol. The Hall–Kier alpha value is -1.91. The van der Waals surface area contributed by atoms with Gasteiger partial charge in [-0.3, -0.25) is 14.7 Å². The number of hydrogen-bond acceptors (Lipinski definition) is 3. The van der Waals surface area contributed by atoms with Crippen LogP contribution >= 0.6 is 0 Å². The molecular formula is C10H10N2O3. The van der Waals surface area contributed by atoms with Crippen LogP contribution in [0.2, 0.25) is 0 Å². The fourth-order valence-electron chi connectivity index (χ4n) is 1.74. The number of pyridine rings is 1. The van der Waals surface area contributed by atoms with Gasteiger partial charge in [-0.1, -0.05) is 0 Å². The molecule has 1 aliphatic heterocycles. The molecule has 0 aliphatic carbocycles. The Balaban J connectivity index is 2.33. The Bertz CT molecular complexity index is 391. The van der Waals surface area contributed by atoms with Crippen molar-refractivity contribution >= 4 is 17.6 Å². The molecule has 5 nitrogen and oxygen atoms in total. The van der Waals surface area contributed by atoms with E-state index in [0.29, 0.717) is 12.1 Å². The number of amides is 1. The van der Waals surface area contributed by atoms with Crippen molar-refractivity contribution in [1.82, 2.24) is 4.98 Å². The molecule has 1 saturated heterocycles. The molecular weight excluding hydrogens is 196 g/mol. The molecule has 1 atom stereocenters. The highest BCUT2D eigenvalue weighted by atomic mass is 16.4. The van der Waals surface area contributed by atoms with Gasteiger partial charge in [0.1, 0.15) is 6.04 Å². The van der Waals surface area contributed by atoms with Gasteiger partial charge in [-0.15, -0.1) is 0 Å². The first kappa shape index (κ1) is 9.64. The van der Waals surface area contributed by atoms with Crippen molar-refractivity contribution < 1.29 is 14.7 Å². The first-order valence-electron chi connectivity index (χ1n) is 4.65. The third-order valence-electron chi connectivity index (χ3n) is 2.42. The number of carbonyl (C=O) groups is 2. The van der Waals surface area contributed by atoms with E-state index >= 15 is 0 Å². The van der Waals surface area contributed by atoms with E-state index in [1.54, 1.807) is 18.3 Å². The quantitative estimate of drug-likeness (QED) is 0.771.